The molecular weight excluding hydrogens is 433 g/mol. The average Bonchev–Trinajstić information content (AvgIpc) is 2.71. The highest BCUT2D eigenvalue weighted by Gasteiger charge is 2.38. The number of nitrogens with one attached hydrogen (secondary N) is 1. The lowest BCUT2D eigenvalue weighted by molar-refractivity contribution is -0.137. The molecule has 0 saturated carbocycles. The Morgan fingerprint density at radius 3 is 2.50 bits per heavy atom. The number of aliphatic hydroxyl groups excluding tert-OH is 1. The highest BCUT2D eigenvalue weighted by Crippen LogP contribution is 2.42. The molecule has 32 heavy (non-hydrogen) atoms. The number of aromatic nitrogens is 1. The lowest BCUT2D eigenvalue weighted by Crippen LogP contribution is -2.23. The van der Waals surface area contributed by atoms with Gasteiger partial charge in [0.1, 0.15) is 17.3 Å². The van der Waals surface area contributed by atoms with Crippen LogP contribution >= 0.6 is 0 Å². The van der Waals surface area contributed by atoms with Gasteiger partial charge >= 0.3 is 6.18 Å². The number of anilines is 1. The molecular formula is C22H28F5N3O2. The Hall–Kier alpha value is -2.46. The first kappa shape index (κ1) is 25.8. The zero-order chi connectivity index (χ0) is 24.1. The van der Waals surface area contributed by atoms with Crippen molar-refractivity contribution in [2.24, 2.45) is 0 Å². The molecule has 2 rings (SSSR count). The number of alkyl halides is 3. The number of halogens is 5. The zero-order valence-corrected chi connectivity index (χ0v) is 18.2. The van der Waals surface area contributed by atoms with Gasteiger partial charge in [-0.25, -0.2) is 13.8 Å². The highest BCUT2D eigenvalue weighted by molar-refractivity contribution is 5.72. The summed E-state index contributed by atoms with van der Waals surface area (Å²) in [5.41, 5.74) is 1.42. The third-order valence-electron chi connectivity index (χ3n) is 5.00. The molecule has 1 unspecified atom stereocenters. The average molecular weight is 461 g/mol. The standard InChI is InChI=1S/C22H28F5N3O2/c1-4-5-7-29-8-6-12(2)32-21-14(11-31)9-16(23)20(30-21)15-10-17(28)19(24)13(3)18(15)22(25,26)27/h9-10,12,29,31H,4-8,11,28H2,1-3H3. The van der Waals surface area contributed by atoms with Crippen molar-refractivity contribution < 1.29 is 31.8 Å². The molecule has 0 aliphatic heterocycles. The van der Waals surface area contributed by atoms with E-state index in [2.05, 4.69) is 17.2 Å². The molecule has 0 aliphatic rings. The smallest absolute Gasteiger partial charge is 0.417 e. The van der Waals surface area contributed by atoms with Crippen molar-refractivity contribution in [1.82, 2.24) is 10.3 Å². The SMILES string of the molecule is CCCCNCCC(C)Oc1nc(-c2cc(N)c(F)c(C)c2C(F)(F)F)c(F)cc1CO. The van der Waals surface area contributed by atoms with Crippen LogP contribution in [0.5, 0.6) is 5.88 Å². The van der Waals surface area contributed by atoms with Gasteiger partial charge in [-0.2, -0.15) is 13.2 Å². The fourth-order valence-electron chi connectivity index (χ4n) is 3.27. The summed E-state index contributed by atoms with van der Waals surface area (Å²) in [5.74, 6) is -2.54. The molecule has 1 heterocycles. The third-order valence-corrected chi connectivity index (χ3v) is 5.00. The number of unbranched alkanes of at least 4 members (excludes halogenated alkanes) is 1. The first-order chi connectivity index (χ1) is 15.0. The van der Waals surface area contributed by atoms with Crippen LogP contribution in [-0.4, -0.2) is 29.3 Å². The van der Waals surface area contributed by atoms with Gasteiger partial charge in [0.15, 0.2) is 0 Å². The molecule has 0 amide bonds. The first-order valence-corrected chi connectivity index (χ1v) is 10.3. The predicted molar refractivity (Wildman–Crippen MR) is 112 cm³/mol. The van der Waals surface area contributed by atoms with E-state index in [1.54, 1.807) is 6.92 Å². The molecule has 0 fully saturated rings. The zero-order valence-electron chi connectivity index (χ0n) is 18.2. The number of benzene rings is 1. The van der Waals surface area contributed by atoms with Crippen LogP contribution < -0.4 is 15.8 Å². The fraction of sp³-hybridized carbons (Fsp3) is 0.500. The van der Waals surface area contributed by atoms with E-state index in [4.69, 9.17) is 10.5 Å². The molecule has 2 aromatic rings. The van der Waals surface area contributed by atoms with Gasteiger partial charge in [0.25, 0.3) is 0 Å². The van der Waals surface area contributed by atoms with E-state index in [-0.39, 0.29) is 11.4 Å². The van der Waals surface area contributed by atoms with E-state index in [0.29, 0.717) is 19.0 Å². The van der Waals surface area contributed by atoms with Crippen LogP contribution in [0.25, 0.3) is 11.3 Å². The molecule has 1 aromatic carbocycles. The van der Waals surface area contributed by atoms with Crippen LogP contribution in [0.1, 0.15) is 49.8 Å². The number of ether oxygens (including phenoxy) is 1. The van der Waals surface area contributed by atoms with Gasteiger partial charge in [-0.15, -0.1) is 0 Å². The van der Waals surface area contributed by atoms with E-state index in [0.717, 1.165) is 32.4 Å². The van der Waals surface area contributed by atoms with Gasteiger partial charge in [0.05, 0.1) is 24.0 Å². The van der Waals surface area contributed by atoms with Crippen LogP contribution in [0.15, 0.2) is 12.1 Å². The van der Waals surface area contributed by atoms with Crippen molar-refractivity contribution in [2.45, 2.75) is 58.9 Å². The number of rotatable bonds is 10. The Bertz CT molecular complexity index is 935. The van der Waals surface area contributed by atoms with Crippen molar-refractivity contribution in [3.8, 4) is 17.1 Å². The minimum Gasteiger partial charge on any atom is -0.474 e. The van der Waals surface area contributed by atoms with Crippen molar-refractivity contribution in [3.63, 3.8) is 0 Å². The second-order valence-corrected chi connectivity index (χ2v) is 7.59. The Labute approximate surface area is 183 Å². The van der Waals surface area contributed by atoms with Gasteiger partial charge in [0, 0.05) is 11.1 Å². The lowest BCUT2D eigenvalue weighted by atomic mass is 9.96. The Morgan fingerprint density at radius 1 is 1.22 bits per heavy atom. The summed E-state index contributed by atoms with van der Waals surface area (Å²) in [6.45, 7) is 5.57. The summed E-state index contributed by atoms with van der Waals surface area (Å²) >= 11 is 0. The minimum atomic E-state index is -4.98. The number of aliphatic hydroxyl groups is 1. The van der Waals surface area contributed by atoms with Crippen LogP contribution in [0.4, 0.5) is 27.6 Å². The number of pyridine rings is 1. The number of hydrogen-bond acceptors (Lipinski definition) is 5. The Morgan fingerprint density at radius 2 is 1.91 bits per heavy atom. The summed E-state index contributed by atoms with van der Waals surface area (Å²) < 4.78 is 75.6. The molecule has 1 atom stereocenters. The van der Waals surface area contributed by atoms with Crippen molar-refractivity contribution in [2.75, 3.05) is 18.8 Å². The second-order valence-electron chi connectivity index (χ2n) is 7.59. The quantitative estimate of drug-likeness (QED) is 0.264. The maximum Gasteiger partial charge on any atom is 0.417 e. The third kappa shape index (κ3) is 6.07. The summed E-state index contributed by atoms with van der Waals surface area (Å²) in [4.78, 5) is 3.94. The molecule has 4 N–H and O–H groups in total. The monoisotopic (exact) mass is 461 g/mol. The van der Waals surface area contributed by atoms with Crippen LogP contribution in [-0.2, 0) is 12.8 Å². The second kappa shape index (κ2) is 10.9. The normalized spacial score (nSPS) is 12.8. The maximum atomic E-state index is 14.8. The van der Waals surface area contributed by atoms with Gasteiger partial charge in [0.2, 0.25) is 5.88 Å². The number of nitrogens with zero attached hydrogens (tertiary/aromatic N) is 1. The molecule has 10 heteroatoms. The highest BCUT2D eigenvalue weighted by atomic mass is 19.4. The molecule has 0 saturated heterocycles. The Kier molecular flexibility index (Phi) is 8.80. The van der Waals surface area contributed by atoms with E-state index >= 15 is 0 Å². The van der Waals surface area contributed by atoms with Crippen LogP contribution in [0, 0.1) is 18.6 Å². The molecule has 0 spiro atoms. The summed E-state index contributed by atoms with van der Waals surface area (Å²) in [5, 5.41) is 12.8. The van der Waals surface area contributed by atoms with Crippen LogP contribution in [0.2, 0.25) is 0 Å². The molecule has 5 nitrogen and oxygen atoms in total. The van der Waals surface area contributed by atoms with Crippen LogP contribution in [0.3, 0.4) is 0 Å². The number of nitrogen functional groups attached to an aromatic ring is 1. The largest absolute Gasteiger partial charge is 0.474 e. The molecule has 0 aliphatic carbocycles. The maximum absolute atomic E-state index is 14.8. The summed E-state index contributed by atoms with van der Waals surface area (Å²) in [6, 6.07) is 1.57. The predicted octanol–water partition coefficient (Wildman–Crippen LogP) is 4.98. The van der Waals surface area contributed by atoms with Crippen molar-refractivity contribution in [1.29, 1.82) is 0 Å². The van der Waals surface area contributed by atoms with E-state index in [9.17, 15) is 27.1 Å². The fourth-order valence-corrected chi connectivity index (χ4v) is 3.27. The molecule has 0 bridgehead atoms. The van der Waals surface area contributed by atoms with Gasteiger partial charge in [-0.1, -0.05) is 13.3 Å². The Balaban J connectivity index is 2.45. The minimum absolute atomic E-state index is 0.0163. The first-order valence-electron chi connectivity index (χ1n) is 10.3. The van der Waals surface area contributed by atoms with Gasteiger partial charge in [-0.3, -0.25) is 0 Å². The van der Waals surface area contributed by atoms with E-state index in [1.807, 2.05) is 0 Å². The van der Waals surface area contributed by atoms with E-state index in [1.165, 1.54) is 0 Å². The molecule has 1 aromatic heterocycles. The van der Waals surface area contributed by atoms with Gasteiger partial charge in [-0.05, 0) is 57.5 Å². The lowest BCUT2D eigenvalue weighted by Gasteiger charge is -2.20. The van der Waals surface area contributed by atoms with E-state index < -0.39 is 58.6 Å². The molecule has 0 radical (unpaired) electrons. The van der Waals surface area contributed by atoms with Crippen molar-refractivity contribution in [3.05, 3.63) is 40.5 Å². The number of hydrogen-bond donors (Lipinski definition) is 3. The van der Waals surface area contributed by atoms with Gasteiger partial charge < -0.3 is 20.9 Å². The van der Waals surface area contributed by atoms with Crippen molar-refractivity contribution >= 4 is 5.69 Å². The summed E-state index contributed by atoms with van der Waals surface area (Å²) in [6.07, 6.45) is -2.76. The number of nitrogens with two attached hydrogens (primary N) is 1. The summed E-state index contributed by atoms with van der Waals surface area (Å²) in [7, 11) is 0. The molecule has 178 valence electrons. The topological polar surface area (TPSA) is 80.4 Å².